The molecule has 0 amide bonds. The van der Waals surface area contributed by atoms with E-state index in [0.29, 0.717) is 5.39 Å². The lowest BCUT2D eigenvalue weighted by Crippen LogP contribution is -2.05. The SMILES string of the molecule is CC(C)n1nc(C(=O)O)c2ccccc21.O=P(O)(O)O. The van der Waals surface area contributed by atoms with Crippen molar-refractivity contribution in [2.75, 3.05) is 0 Å². The number of aromatic nitrogens is 2. The van der Waals surface area contributed by atoms with Crippen LogP contribution in [0.4, 0.5) is 0 Å². The standard InChI is InChI=1S/C11H12N2O2.H3O4P/c1-7(2)13-9-6-4-3-5-8(9)10(12-13)11(14)15;1-5(2,3)4/h3-7H,1-2H3,(H,14,15);(H3,1,2,3,4). The molecule has 0 radical (unpaired) electrons. The summed E-state index contributed by atoms with van der Waals surface area (Å²) in [5.41, 5.74) is 0.990. The van der Waals surface area contributed by atoms with Gasteiger partial charge in [0.15, 0.2) is 5.69 Å². The number of hydrogen-bond acceptors (Lipinski definition) is 3. The van der Waals surface area contributed by atoms with Crippen LogP contribution in [-0.4, -0.2) is 35.5 Å². The van der Waals surface area contributed by atoms with Crippen molar-refractivity contribution in [2.45, 2.75) is 19.9 Å². The number of nitrogens with zero attached hydrogens (tertiary/aromatic N) is 2. The summed E-state index contributed by atoms with van der Waals surface area (Å²) in [7, 11) is -4.64. The Morgan fingerprint density at radius 2 is 1.75 bits per heavy atom. The van der Waals surface area contributed by atoms with E-state index in [9.17, 15) is 4.79 Å². The first-order chi connectivity index (χ1) is 9.11. The van der Waals surface area contributed by atoms with E-state index in [-0.39, 0.29) is 11.7 Å². The van der Waals surface area contributed by atoms with Crippen LogP contribution in [0.1, 0.15) is 30.4 Å². The first kappa shape index (κ1) is 16.3. The quantitative estimate of drug-likeness (QED) is 0.616. The minimum atomic E-state index is -4.64. The maximum atomic E-state index is 11.0. The summed E-state index contributed by atoms with van der Waals surface area (Å²) in [4.78, 5) is 32.5. The summed E-state index contributed by atoms with van der Waals surface area (Å²) in [5.74, 6) is -0.981. The van der Waals surface area contributed by atoms with Crippen LogP contribution in [0.5, 0.6) is 0 Å². The molecule has 0 atom stereocenters. The number of fused-ring (bicyclic) bond motifs is 1. The second-order valence-electron chi connectivity index (χ2n) is 4.22. The molecule has 0 aliphatic rings. The molecular formula is C11H15N2O6P. The van der Waals surface area contributed by atoms with Gasteiger partial charge in [-0.1, -0.05) is 18.2 Å². The molecule has 0 aliphatic heterocycles. The van der Waals surface area contributed by atoms with Crippen LogP contribution in [-0.2, 0) is 4.57 Å². The maximum Gasteiger partial charge on any atom is 0.466 e. The Kier molecular flexibility index (Phi) is 5.02. The number of aromatic carboxylic acids is 1. The van der Waals surface area contributed by atoms with Crippen molar-refractivity contribution in [3.05, 3.63) is 30.0 Å². The van der Waals surface area contributed by atoms with Crippen LogP contribution in [0.2, 0.25) is 0 Å². The number of rotatable bonds is 2. The highest BCUT2D eigenvalue weighted by Gasteiger charge is 2.16. The molecule has 8 nitrogen and oxygen atoms in total. The summed E-state index contributed by atoms with van der Waals surface area (Å²) in [5, 5.41) is 13.8. The fourth-order valence-electron chi connectivity index (χ4n) is 1.64. The molecule has 1 heterocycles. The van der Waals surface area contributed by atoms with Gasteiger partial charge in [0.05, 0.1) is 5.52 Å². The Labute approximate surface area is 114 Å². The van der Waals surface area contributed by atoms with Gasteiger partial charge >= 0.3 is 13.8 Å². The van der Waals surface area contributed by atoms with Gasteiger partial charge in [-0.2, -0.15) is 5.10 Å². The highest BCUT2D eigenvalue weighted by atomic mass is 31.2. The van der Waals surface area contributed by atoms with Gasteiger partial charge in [0.25, 0.3) is 0 Å². The molecule has 0 spiro atoms. The van der Waals surface area contributed by atoms with Crippen molar-refractivity contribution in [2.24, 2.45) is 0 Å². The number of para-hydroxylation sites is 1. The zero-order chi connectivity index (χ0) is 15.5. The fourth-order valence-corrected chi connectivity index (χ4v) is 1.64. The Morgan fingerprint density at radius 3 is 2.20 bits per heavy atom. The van der Waals surface area contributed by atoms with Crippen LogP contribution in [0.25, 0.3) is 10.9 Å². The average molecular weight is 302 g/mol. The predicted octanol–water partition coefficient (Wildman–Crippen LogP) is 1.39. The molecule has 0 fully saturated rings. The molecule has 0 bridgehead atoms. The molecule has 110 valence electrons. The lowest BCUT2D eigenvalue weighted by atomic mass is 10.2. The zero-order valence-electron chi connectivity index (χ0n) is 10.8. The Balaban J connectivity index is 0.000000347. The van der Waals surface area contributed by atoms with Gasteiger partial charge in [-0.05, 0) is 19.9 Å². The third kappa shape index (κ3) is 4.43. The van der Waals surface area contributed by atoms with Gasteiger partial charge in [-0.25, -0.2) is 9.36 Å². The number of benzene rings is 1. The van der Waals surface area contributed by atoms with Gasteiger partial charge in [-0.3, -0.25) is 4.68 Å². The van der Waals surface area contributed by atoms with Crippen molar-refractivity contribution in [1.82, 2.24) is 9.78 Å². The number of carboxylic acid groups (broad SMARTS) is 1. The number of phosphoric acid groups is 1. The fraction of sp³-hybridized carbons (Fsp3) is 0.273. The lowest BCUT2D eigenvalue weighted by molar-refractivity contribution is 0.0691. The molecule has 4 N–H and O–H groups in total. The largest absolute Gasteiger partial charge is 0.476 e. The molecule has 20 heavy (non-hydrogen) atoms. The molecule has 0 saturated carbocycles. The van der Waals surface area contributed by atoms with Crippen LogP contribution in [0.15, 0.2) is 24.3 Å². The molecule has 1 aromatic heterocycles. The molecule has 0 unspecified atom stereocenters. The molecule has 0 saturated heterocycles. The maximum absolute atomic E-state index is 11.0. The second-order valence-corrected chi connectivity index (χ2v) is 5.25. The summed E-state index contributed by atoms with van der Waals surface area (Å²) >= 11 is 0. The van der Waals surface area contributed by atoms with Gasteiger partial charge in [0, 0.05) is 11.4 Å². The van der Waals surface area contributed by atoms with Crippen molar-refractivity contribution in [3.63, 3.8) is 0 Å². The number of carboxylic acids is 1. The minimum absolute atomic E-state index is 0.124. The van der Waals surface area contributed by atoms with Gasteiger partial charge in [-0.15, -0.1) is 0 Å². The van der Waals surface area contributed by atoms with Crippen molar-refractivity contribution < 1.29 is 29.1 Å². The smallest absolute Gasteiger partial charge is 0.466 e. The van der Waals surface area contributed by atoms with E-state index in [1.807, 2.05) is 32.0 Å². The molecular weight excluding hydrogens is 287 g/mol. The zero-order valence-corrected chi connectivity index (χ0v) is 11.7. The van der Waals surface area contributed by atoms with E-state index in [2.05, 4.69) is 5.10 Å². The Hall–Kier alpha value is -1.73. The van der Waals surface area contributed by atoms with Crippen LogP contribution < -0.4 is 0 Å². The number of hydrogen-bond donors (Lipinski definition) is 4. The first-order valence-corrected chi connectivity index (χ1v) is 7.16. The summed E-state index contributed by atoms with van der Waals surface area (Å²) < 4.78 is 10.6. The van der Waals surface area contributed by atoms with E-state index < -0.39 is 13.8 Å². The van der Waals surface area contributed by atoms with Crippen LogP contribution in [0, 0.1) is 0 Å². The monoisotopic (exact) mass is 302 g/mol. The highest BCUT2D eigenvalue weighted by molar-refractivity contribution is 7.45. The third-order valence-electron chi connectivity index (χ3n) is 2.31. The van der Waals surface area contributed by atoms with E-state index in [4.69, 9.17) is 24.4 Å². The second kappa shape index (κ2) is 6.15. The predicted molar refractivity (Wildman–Crippen MR) is 71.3 cm³/mol. The summed E-state index contributed by atoms with van der Waals surface area (Å²) in [6.45, 7) is 3.95. The summed E-state index contributed by atoms with van der Waals surface area (Å²) in [6.07, 6.45) is 0. The first-order valence-electron chi connectivity index (χ1n) is 5.60. The van der Waals surface area contributed by atoms with E-state index in [1.54, 1.807) is 10.7 Å². The van der Waals surface area contributed by atoms with Crippen molar-refractivity contribution >= 4 is 24.7 Å². The van der Waals surface area contributed by atoms with E-state index >= 15 is 0 Å². The normalized spacial score (nSPS) is 11.3. The van der Waals surface area contributed by atoms with Gasteiger partial charge in [0.2, 0.25) is 0 Å². The molecule has 0 aliphatic carbocycles. The topological polar surface area (TPSA) is 133 Å². The molecule has 2 rings (SSSR count). The lowest BCUT2D eigenvalue weighted by Gasteiger charge is -2.05. The van der Waals surface area contributed by atoms with Crippen molar-refractivity contribution in [1.29, 1.82) is 0 Å². The summed E-state index contributed by atoms with van der Waals surface area (Å²) in [6, 6.07) is 7.53. The number of carbonyl (C=O) groups is 1. The minimum Gasteiger partial charge on any atom is -0.476 e. The van der Waals surface area contributed by atoms with Gasteiger partial charge in [0.1, 0.15) is 0 Å². The Morgan fingerprint density at radius 1 is 1.25 bits per heavy atom. The molecule has 1 aromatic carbocycles. The van der Waals surface area contributed by atoms with Crippen LogP contribution >= 0.6 is 7.82 Å². The van der Waals surface area contributed by atoms with E-state index in [0.717, 1.165) is 5.52 Å². The molecule has 9 heteroatoms. The molecule has 2 aromatic rings. The average Bonchev–Trinajstić information content (AvgIpc) is 2.66. The third-order valence-corrected chi connectivity index (χ3v) is 2.31. The van der Waals surface area contributed by atoms with Gasteiger partial charge < -0.3 is 19.8 Å². The Bertz CT molecular complexity index is 652. The van der Waals surface area contributed by atoms with Crippen molar-refractivity contribution in [3.8, 4) is 0 Å². The highest BCUT2D eigenvalue weighted by Crippen LogP contribution is 2.25. The van der Waals surface area contributed by atoms with Crippen LogP contribution in [0.3, 0.4) is 0 Å². The van der Waals surface area contributed by atoms with E-state index in [1.165, 1.54) is 0 Å².